The van der Waals surface area contributed by atoms with E-state index in [0.717, 1.165) is 23.3 Å². The number of nitrogens with one attached hydrogen (secondary N) is 1. The van der Waals surface area contributed by atoms with Gasteiger partial charge in [-0.05, 0) is 25.1 Å². The third kappa shape index (κ3) is 3.17. The second-order valence-corrected chi connectivity index (χ2v) is 5.25. The molecule has 0 aliphatic carbocycles. The van der Waals surface area contributed by atoms with Crippen LogP contribution in [0.2, 0.25) is 0 Å². The van der Waals surface area contributed by atoms with Crippen LogP contribution in [0.15, 0.2) is 23.1 Å². The predicted molar refractivity (Wildman–Crippen MR) is 70.0 cm³/mol. The summed E-state index contributed by atoms with van der Waals surface area (Å²) in [6, 6.07) is 3.87. The Morgan fingerprint density at radius 2 is 2.17 bits per heavy atom. The third-order valence-electron chi connectivity index (χ3n) is 2.16. The Morgan fingerprint density at radius 3 is 2.89 bits per heavy atom. The molecule has 1 N–H and O–H groups in total. The second-order valence-electron chi connectivity index (χ2n) is 3.44. The van der Waals surface area contributed by atoms with Crippen molar-refractivity contribution in [2.24, 2.45) is 0 Å². The highest BCUT2D eigenvalue weighted by atomic mass is 32.2. The number of benzene rings is 1. The Morgan fingerprint density at radius 1 is 1.33 bits per heavy atom. The lowest BCUT2D eigenvalue weighted by molar-refractivity contribution is 0.506. The average Bonchev–Trinajstić information content (AvgIpc) is 2.79. The normalized spacial score (nSPS) is 10.6. The van der Waals surface area contributed by atoms with Crippen LogP contribution in [0.3, 0.4) is 0 Å². The van der Waals surface area contributed by atoms with Crippen molar-refractivity contribution in [3.05, 3.63) is 35.5 Å². The van der Waals surface area contributed by atoms with E-state index < -0.39 is 11.6 Å². The number of hydrogen-bond donors (Lipinski definition) is 1. The minimum absolute atomic E-state index is 0.573. The Labute approximate surface area is 112 Å². The monoisotopic (exact) mass is 287 g/mol. The molecule has 0 unspecified atom stereocenters. The summed E-state index contributed by atoms with van der Waals surface area (Å²) in [6.45, 7) is 2.79. The van der Waals surface area contributed by atoms with Crippen LogP contribution in [0.25, 0.3) is 0 Å². The van der Waals surface area contributed by atoms with Gasteiger partial charge in [0.25, 0.3) is 0 Å². The first-order chi connectivity index (χ1) is 8.70. The fourth-order valence-corrected chi connectivity index (χ4v) is 2.91. The molecule has 0 fully saturated rings. The maximum absolute atomic E-state index is 13.0. The summed E-state index contributed by atoms with van der Waals surface area (Å²) in [5.74, 6) is -1.09. The van der Waals surface area contributed by atoms with Gasteiger partial charge in [0.05, 0.1) is 0 Å². The van der Waals surface area contributed by atoms with Crippen LogP contribution >= 0.6 is 23.3 Å². The maximum atomic E-state index is 13.0. The number of hydrogen-bond acceptors (Lipinski definition) is 5. The molecule has 2 rings (SSSR count). The molecule has 1 aromatic carbocycles. The van der Waals surface area contributed by atoms with Crippen LogP contribution in [-0.4, -0.2) is 16.1 Å². The number of aromatic nitrogens is 2. The van der Waals surface area contributed by atoms with Gasteiger partial charge in [-0.1, -0.05) is 4.49 Å². The Hall–Kier alpha value is -1.21. The topological polar surface area (TPSA) is 37.8 Å². The fourth-order valence-electron chi connectivity index (χ4n) is 1.32. The highest BCUT2D eigenvalue weighted by Crippen LogP contribution is 2.28. The van der Waals surface area contributed by atoms with Crippen molar-refractivity contribution < 1.29 is 8.78 Å². The molecule has 2 aromatic rings. The molecule has 0 saturated carbocycles. The summed E-state index contributed by atoms with van der Waals surface area (Å²) in [6.07, 6.45) is 0. The summed E-state index contributed by atoms with van der Waals surface area (Å²) in [7, 11) is 0. The minimum Gasteiger partial charge on any atom is -0.374 e. The first-order valence-corrected chi connectivity index (χ1v) is 7.09. The molecule has 0 aliphatic heterocycles. The number of anilines is 1. The summed E-state index contributed by atoms with van der Waals surface area (Å²) >= 11 is 2.69. The summed E-state index contributed by atoms with van der Waals surface area (Å²) < 4.78 is 29.6. The molecule has 0 saturated heterocycles. The number of nitrogens with zero attached hydrogens (tertiary/aromatic N) is 2. The van der Waals surface area contributed by atoms with Gasteiger partial charge in [-0.25, -0.2) is 8.78 Å². The molecule has 0 amide bonds. The predicted octanol–water partition coefficient (Wildman–Crippen LogP) is 3.54. The number of rotatable bonds is 5. The molecule has 0 atom stereocenters. The van der Waals surface area contributed by atoms with E-state index in [9.17, 15) is 8.78 Å². The first kappa shape index (κ1) is 13.2. The third-order valence-corrected chi connectivity index (χ3v) is 3.89. The molecular weight excluding hydrogens is 276 g/mol. The molecular formula is C11H11F2N3S2. The lowest BCUT2D eigenvalue weighted by Gasteiger charge is -2.03. The van der Waals surface area contributed by atoms with E-state index in [-0.39, 0.29) is 0 Å². The van der Waals surface area contributed by atoms with Gasteiger partial charge >= 0.3 is 0 Å². The molecule has 0 aliphatic rings. The zero-order chi connectivity index (χ0) is 13.0. The largest absolute Gasteiger partial charge is 0.374 e. The van der Waals surface area contributed by atoms with Gasteiger partial charge in [0.15, 0.2) is 11.6 Å². The van der Waals surface area contributed by atoms with E-state index in [4.69, 9.17) is 0 Å². The van der Waals surface area contributed by atoms with Gasteiger partial charge in [0.1, 0.15) is 10.7 Å². The maximum Gasteiger partial charge on any atom is 0.159 e. The van der Waals surface area contributed by atoms with Gasteiger partial charge in [-0.15, -0.1) is 16.9 Å². The molecule has 96 valence electrons. The van der Waals surface area contributed by atoms with E-state index in [1.54, 1.807) is 6.07 Å². The van der Waals surface area contributed by atoms with Crippen molar-refractivity contribution in [3.63, 3.8) is 0 Å². The minimum atomic E-state index is -0.831. The number of halogens is 2. The number of thioether (sulfide) groups is 1. The van der Waals surface area contributed by atoms with Crippen LogP contribution in [0.4, 0.5) is 13.8 Å². The summed E-state index contributed by atoms with van der Waals surface area (Å²) in [5, 5.41) is 8.09. The van der Waals surface area contributed by atoms with Crippen molar-refractivity contribution in [2.45, 2.75) is 17.6 Å². The van der Waals surface area contributed by atoms with Gasteiger partial charge in [0.2, 0.25) is 0 Å². The van der Waals surface area contributed by atoms with Gasteiger partial charge in [-0.2, -0.15) is 0 Å². The van der Waals surface area contributed by atoms with Crippen molar-refractivity contribution in [3.8, 4) is 0 Å². The Balaban J connectivity index is 2.02. The van der Waals surface area contributed by atoms with Crippen LogP contribution in [-0.2, 0) is 5.75 Å². The standard InChI is InChI=1S/C11H11F2N3S2/c1-2-14-11-10(15-16-18-11)6-17-7-3-4-8(12)9(13)5-7/h3-5,14H,2,6H2,1H3. The molecule has 1 aromatic heterocycles. The Kier molecular flexibility index (Phi) is 4.48. The van der Waals surface area contributed by atoms with Crippen molar-refractivity contribution >= 4 is 28.3 Å². The van der Waals surface area contributed by atoms with Gasteiger partial charge in [-0.3, -0.25) is 0 Å². The van der Waals surface area contributed by atoms with E-state index in [1.807, 2.05) is 6.92 Å². The molecule has 0 bridgehead atoms. The summed E-state index contributed by atoms with van der Waals surface area (Å²) in [5.41, 5.74) is 0.830. The Bertz CT molecular complexity index is 531. The lowest BCUT2D eigenvalue weighted by atomic mass is 10.3. The smallest absolute Gasteiger partial charge is 0.159 e. The van der Waals surface area contributed by atoms with Crippen molar-refractivity contribution in [1.82, 2.24) is 9.59 Å². The first-order valence-electron chi connectivity index (χ1n) is 5.33. The van der Waals surface area contributed by atoms with Crippen LogP contribution < -0.4 is 5.32 Å². The van der Waals surface area contributed by atoms with Crippen molar-refractivity contribution in [1.29, 1.82) is 0 Å². The van der Waals surface area contributed by atoms with Crippen LogP contribution in [0.5, 0.6) is 0 Å². The average molecular weight is 287 g/mol. The second kappa shape index (κ2) is 6.10. The highest BCUT2D eigenvalue weighted by molar-refractivity contribution is 7.98. The molecule has 0 spiro atoms. The summed E-state index contributed by atoms with van der Waals surface area (Å²) in [4.78, 5) is 0.671. The quantitative estimate of drug-likeness (QED) is 0.854. The zero-order valence-electron chi connectivity index (χ0n) is 9.61. The van der Waals surface area contributed by atoms with E-state index in [1.165, 1.54) is 29.4 Å². The van der Waals surface area contributed by atoms with E-state index >= 15 is 0 Å². The zero-order valence-corrected chi connectivity index (χ0v) is 11.2. The SMILES string of the molecule is CCNc1snnc1CSc1ccc(F)c(F)c1. The van der Waals surface area contributed by atoms with Gasteiger partial charge in [0, 0.05) is 28.7 Å². The molecule has 0 radical (unpaired) electrons. The molecule has 1 heterocycles. The van der Waals surface area contributed by atoms with Crippen LogP contribution in [0, 0.1) is 11.6 Å². The highest BCUT2D eigenvalue weighted by Gasteiger charge is 2.09. The lowest BCUT2D eigenvalue weighted by Crippen LogP contribution is -1.97. The van der Waals surface area contributed by atoms with Crippen molar-refractivity contribution in [2.75, 3.05) is 11.9 Å². The molecule has 7 heteroatoms. The fraction of sp³-hybridized carbons (Fsp3) is 0.273. The van der Waals surface area contributed by atoms with Crippen LogP contribution in [0.1, 0.15) is 12.6 Å². The van der Waals surface area contributed by atoms with E-state index in [2.05, 4.69) is 14.9 Å². The molecule has 18 heavy (non-hydrogen) atoms. The van der Waals surface area contributed by atoms with E-state index in [0.29, 0.717) is 10.6 Å². The van der Waals surface area contributed by atoms with Gasteiger partial charge < -0.3 is 5.32 Å². The molecule has 3 nitrogen and oxygen atoms in total.